The van der Waals surface area contributed by atoms with Gasteiger partial charge in [0, 0.05) is 6.54 Å². The van der Waals surface area contributed by atoms with Crippen LogP contribution in [-0.2, 0) is 10.4 Å². The fraction of sp³-hybridized carbons (Fsp3) is 0.667. The summed E-state index contributed by atoms with van der Waals surface area (Å²) in [6.07, 6.45) is 0. The lowest BCUT2D eigenvalue weighted by molar-refractivity contribution is 0.381. The highest BCUT2D eigenvalue weighted by Crippen LogP contribution is 1.86. The normalized spacial score (nSPS) is 14.8. The molecule has 0 radical (unpaired) electrons. The Kier molecular flexibility index (Phi) is 7.75. The Morgan fingerprint density at radius 2 is 1.92 bits per heavy atom. The van der Waals surface area contributed by atoms with Crippen molar-refractivity contribution in [2.75, 3.05) is 13.1 Å². The van der Waals surface area contributed by atoms with Crippen molar-refractivity contribution in [2.24, 2.45) is 4.99 Å². The minimum Gasteiger partial charge on any atom is -0.359 e. The van der Waals surface area contributed by atoms with Crippen LogP contribution in [0.2, 0.25) is 0 Å². The Bertz CT molecular complexity index is 231. The van der Waals surface area contributed by atoms with Gasteiger partial charge in [0.15, 0.2) is 5.29 Å². The standard InChI is InChI=1S/C3H5ClN2.ClH.H2O4S/c4-3-5-1-2-6-3;;1-5(2,3)4/h1-2H2,(H,5,6);1H;(H2,1,2,3,4). The summed E-state index contributed by atoms with van der Waals surface area (Å²) in [5.74, 6) is 0. The van der Waals surface area contributed by atoms with E-state index >= 15 is 0 Å². The predicted octanol–water partition coefficient (Wildman–Crippen LogP) is -0.0466. The Morgan fingerprint density at radius 3 is 2.00 bits per heavy atom. The first-order chi connectivity index (χ1) is 4.89. The van der Waals surface area contributed by atoms with Gasteiger partial charge in [-0.25, -0.2) is 0 Å². The molecule has 6 nitrogen and oxygen atoms in total. The molecule has 9 heteroatoms. The molecule has 3 N–H and O–H groups in total. The van der Waals surface area contributed by atoms with Gasteiger partial charge in [-0.05, 0) is 11.6 Å². The van der Waals surface area contributed by atoms with Crippen LogP contribution in [0.5, 0.6) is 0 Å². The molecule has 1 aliphatic heterocycles. The molecule has 0 aromatic carbocycles. The maximum atomic E-state index is 8.74. The lowest BCUT2D eigenvalue weighted by Crippen LogP contribution is -2.11. The van der Waals surface area contributed by atoms with E-state index in [2.05, 4.69) is 10.3 Å². The lowest BCUT2D eigenvalue weighted by Gasteiger charge is -1.82. The van der Waals surface area contributed by atoms with Crippen LogP contribution in [0, 0.1) is 0 Å². The van der Waals surface area contributed by atoms with Gasteiger partial charge in [-0.3, -0.25) is 14.1 Å². The summed E-state index contributed by atoms with van der Waals surface area (Å²) in [7, 11) is -4.67. The van der Waals surface area contributed by atoms with Crippen LogP contribution in [0.15, 0.2) is 4.99 Å². The second kappa shape index (κ2) is 6.44. The molecule has 0 fully saturated rings. The highest BCUT2D eigenvalue weighted by molar-refractivity contribution is 7.79. The molecule has 1 rings (SSSR count). The van der Waals surface area contributed by atoms with Crippen molar-refractivity contribution in [3.63, 3.8) is 0 Å². The number of halogens is 2. The maximum Gasteiger partial charge on any atom is 0.394 e. The van der Waals surface area contributed by atoms with Crippen LogP contribution in [0.1, 0.15) is 0 Å². The van der Waals surface area contributed by atoms with E-state index < -0.39 is 10.4 Å². The number of nitrogens with zero attached hydrogens (tertiary/aromatic N) is 1. The van der Waals surface area contributed by atoms with Crippen molar-refractivity contribution in [1.29, 1.82) is 0 Å². The molecular weight excluding hydrogens is 231 g/mol. The van der Waals surface area contributed by atoms with E-state index in [-0.39, 0.29) is 12.4 Å². The zero-order chi connectivity index (χ0) is 8.91. The minimum absolute atomic E-state index is 0. The van der Waals surface area contributed by atoms with Crippen LogP contribution in [0.4, 0.5) is 0 Å². The van der Waals surface area contributed by atoms with E-state index in [1.807, 2.05) is 0 Å². The van der Waals surface area contributed by atoms with E-state index in [1.165, 1.54) is 0 Å². The highest BCUT2D eigenvalue weighted by Gasteiger charge is 1.96. The van der Waals surface area contributed by atoms with Crippen LogP contribution in [0.3, 0.4) is 0 Å². The van der Waals surface area contributed by atoms with Gasteiger partial charge in [0.25, 0.3) is 0 Å². The topological polar surface area (TPSA) is 99.0 Å². The monoisotopic (exact) mass is 238 g/mol. The van der Waals surface area contributed by atoms with Crippen molar-refractivity contribution in [3.05, 3.63) is 0 Å². The lowest BCUT2D eigenvalue weighted by atomic mass is 10.7. The molecule has 0 spiro atoms. The number of hydrogen-bond donors (Lipinski definition) is 3. The summed E-state index contributed by atoms with van der Waals surface area (Å²) in [6.45, 7) is 1.73. The molecule has 1 aliphatic rings. The van der Waals surface area contributed by atoms with Crippen LogP contribution < -0.4 is 5.32 Å². The van der Waals surface area contributed by atoms with Gasteiger partial charge in [-0.1, -0.05) is 0 Å². The van der Waals surface area contributed by atoms with E-state index in [9.17, 15) is 0 Å². The van der Waals surface area contributed by atoms with E-state index in [0.717, 1.165) is 13.1 Å². The zero-order valence-corrected chi connectivity index (χ0v) is 8.16. The zero-order valence-electron chi connectivity index (χ0n) is 5.77. The Balaban J connectivity index is 0. The molecule has 0 aromatic heterocycles. The highest BCUT2D eigenvalue weighted by atomic mass is 35.5. The van der Waals surface area contributed by atoms with Gasteiger partial charge < -0.3 is 5.32 Å². The molecule has 0 saturated heterocycles. The number of rotatable bonds is 0. The van der Waals surface area contributed by atoms with Crippen LogP contribution in [0.25, 0.3) is 0 Å². The van der Waals surface area contributed by atoms with Crippen molar-refractivity contribution >= 4 is 39.7 Å². The summed E-state index contributed by atoms with van der Waals surface area (Å²) in [5, 5.41) is 3.39. The molecule has 0 amide bonds. The molecule has 1 heterocycles. The van der Waals surface area contributed by atoms with Gasteiger partial charge in [0.05, 0.1) is 6.54 Å². The Hall–Kier alpha value is -0.0800. The van der Waals surface area contributed by atoms with Gasteiger partial charge in [0.2, 0.25) is 0 Å². The first kappa shape index (κ1) is 14.4. The molecule has 0 atom stereocenters. The van der Waals surface area contributed by atoms with Crippen LogP contribution in [-0.4, -0.2) is 35.9 Å². The number of hydrogen-bond acceptors (Lipinski definition) is 4. The van der Waals surface area contributed by atoms with Gasteiger partial charge >= 0.3 is 10.4 Å². The smallest absolute Gasteiger partial charge is 0.359 e. The van der Waals surface area contributed by atoms with Crippen molar-refractivity contribution in [3.8, 4) is 0 Å². The van der Waals surface area contributed by atoms with Gasteiger partial charge in [0.1, 0.15) is 0 Å². The molecule has 12 heavy (non-hydrogen) atoms. The third kappa shape index (κ3) is 16.5. The van der Waals surface area contributed by atoms with E-state index in [0.29, 0.717) is 5.29 Å². The average Bonchev–Trinajstić information content (AvgIpc) is 2.12. The predicted molar refractivity (Wildman–Crippen MR) is 47.6 cm³/mol. The molecule has 0 saturated carbocycles. The second-order valence-corrected chi connectivity index (χ2v) is 2.80. The van der Waals surface area contributed by atoms with E-state index in [4.69, 9.17) is 29.1 Å². The van der Waals surface area contributed by atoms with Crippen molar-refractivity contribution < 1.29 is 17.5 Å². The van der Waals surface area contributed by atoms with Gasteiger partial charge in [-0.2, -0.15) is 8.42 Å². The summed E-state index contributed by atoms with van der Waals surface area (Å²) in [6, 6.07) is 0. The quantitative estimate of drug-likeness (QED) is 0.406. The summed E-state index contributed by atoms with van der Waals surface area (Å²) < 4.78 is 31.6. The largest absolute Gasteiger partial charge is 0.394 e. The summed E-state index contributed by atoms with van der Waals surface area (Å²) >= 11 is 5.35. The second-order valence-electron chi connectivity index (χ2n) is 1.55. The molecule has 74 valence electrons. The van der Waals surface area contributed by atoms with Crippen LogP contribution >= 0.6 is 24.0 Å². The molecule has 0 aliphatic carbocycles. The minimum atomic E-state index is -4.67. The fourth-order valence-electron chi connectivity index (χ4n) is 0.369. The Labute approximate surface area is 81.0 Å². The van der Waals surface area contributed by atoms with Crippen molar-refractivity contribution in [1.82, 2.24) is 5.32 Å². The summed E-state index contributed by atoms with van der Waals surface area (Å²) in [5.41, 5.74) is 0. The maximum absolute atomic E-state index is 8.74. The van der Waals surface area contributed by atoms with E-state index in [1.54, 1.807) is 0 Å². The number of nitrogens with one attached hydrogen (secondary N) is 1. The molecule has 0 unspecified atom stereocenters. The molecular formula is C3H8Cl2N2O4S. The SMILES string of the molecule is Cl.ClC1=NCCN1.O=S(=O)(O)O. The van der Waals surface area contributed by atoms with Gasteiger partial charge in [-0.15, -0.1) is 12.4 Å². The molecule has 0 bridgehead atoms. The average molecular weight is 239 g/mol. The third-order valence-electron chi connectivity index (χ3n) is 0.633. The first-order valence-electron chi connectivity index (χ1n) is 2.53. The number of amidine groups is 1. The summed E-state index contributed by atoms with van der Waals surface area (Å²) in [4.78, 5) is 3.81. The molecule has 0 aromatic rings. The Morgan fingerprint density at radius 1 is 1.50 bits per heavy atom. The third-order valence-corrected chi connectivity index (χ3v) is 0.886. The first-order valence-corrected chi connectivity index (χ1v) is 4.31. The van der Waals surface area contributed by atoms with Crippen molar-refractivity contribution in [2.45, 2.75) is 0 Å². The fourth-order valence-corrected chi connectivity index (χ4v) is 0.548. The number of aliphatic imine (C=N–C) groups is 1.